The summed E-state index contributed by atoms with van der Waals surface area (Å²) in [5.74, 6) is -0.0118. The smallest absolute Gasteiger partial charge is 0.238 e. The molecule has 2 heterocycles. The fraction of sp³-hybridized carbons (Fsp3) is 0.846. The van der Waals surface area contributed by atoms with Gasteiger partial charge in [0.1, 0.15) is 6.04 Å². The number of hydrogen-bond acceptors (Lipinski definition) is 5. The number of amides is 1. The van der Waals surface area contributed by atoms with Crippen molar-refractivity contribution in [3.63, 3.8) is 0 Å². The Morgan fingerprint density at radius 1 is 1.42 bits per heavy atom. The summed E-state index contributed by atoms with van der Waals surface area (Å²) in [7, 11) is 0. The Morgan fingerprint density at radius 3 is 2.84 bits per heavy atom. The molecule has 0 spiro atoms. The lowest BCUT2D eigenvalue weighted by atomic mass is 10.1. The highest BCUT2D eigenvalue weighted by atomic mass is 16.5. The first-order valence-electron chi connectivity index (χ1n) is 6.92. The van der Waals surface area contributed by atoms with Gasteiger partial charge in [0.15, 0.2) is 0 Å². The summed E-state index contributed by atoms with van der Waals surface area (Å²) in [5.41, 5.74) is 0. The lowest BCUT2D eigenvalue weighted by Crippen LogP contribution is -2.60. The van der Waals surface area contributed by atoms with E-state index in [1.54, 1.807) is 0 Å². The zero-order valence-electron chi connectivity index (χ0n) is 11.5. The maximum absolute atomic E-state index is 11.9. The second-order valence-corrected chi connectivity index (χ2v) is 5.24. The van der Waals surface area contributed by atoms with Gasteiger partial charge >= 0.3 is 0 Å². The quantitative estimate of drug-likeness (QED) is 0.737. The number of nitriles is 1. The number of nitrogens with one attached hydrogen (secondary N) is 1. The van der Waals surface area contributed by atoms with Crippen molar-refractivity contribution >= 4 is 5.91 Å². The van der Waals surface area contributed by atoms with Crippen molar-refractivity contribution in [1.29, 1.82) is 5.26 Å². The highest BCUT2D eigenvalue weighted by Crippen LogP contribution is 2.11. The predicted molar refractivity (Wildman–Crippen MR) is 70.5 cm³/mol. The predicted octanol–water partition coefficient (Wildman–Crippen LogP) is -0.579. The number of nitrogens with zero attached hydrogens (tertiary/aromatic N) is 3. The number of carbonyl (C=O) groups excluding carboxylic acids is 1. The summed E-state index contributed by atoms with van der Waals surface area (Å²) in [5, 5.41) is 11.8. The largest absolute Gasteiger partial charge is 0.379 e. The molecule has 0 aromatic heterocycles. The third-order valence-corrected chi connectivity index (χ3v) is 3.73. The van der Waals surface area contributed by atoms with Crippen molar-refractivity contribution in [2.75, 3.05) is 45.9 Å². The van der Waals surface area contributed by atoms with Crippen molar-refractivity contribution in [3.05, 3.63) is 0 Å². The summed E-state index contributed by atoms with van der Waals surface area (Å²) >= 11 is 0. The number of carbonyl (C=O) groups is 1. The number of hydrogen-bond donors (Lipinski definition) is 1. The van der Waals surface area contributed by atoms with Crippen LogP contribution in [0.2, 0.25) is 0 Å². The molecule has 0 aromatic rings. The molecule has 0 aromatic carbocycles. The SMILES string of the molecule is CC1CN(CCN2CCOCC2)C(CC#N)C(=O)N1. The van der Waals surface area contributed by atoms with Crippen LogP contribution >= 0.6 is 0 Å². The van der Waals surface area contributed by atoms with E-state index in [1.165, 1.54) is 0 Å². The molecule has 1 N–H and O–H groups in total. The molecular formula is C13H22N4O2. The molecule has 2 aliphatic rings. The molecule has 2 unspecified atom stereocenters. The van der Waals surface area contributed by atoms with E-state index in [1.807, 2.05) is 6.92 Å². The zero-order valence-corrected chi connectivity index (χ0v) is 11.5. The summed E-state index contributed by atoms with van der Waals surface area (Å²) in [6.45, 7) is 8.09. The first kappa shape index (κ1) is 14.3. The Kier molecular flexibility index (Phi) is 5.14. The van der Waals surface area contributed by atoms with Gasteiger partial charge < -0.3 is 10.1 Å². The topological polar surface area (TPSA) is 68.6 Å². The van der Waals surface area contributed by atoms with Gasteiger partial charge in [-0.25, -0.2) is 0 Å². The van der Waals surface area contributed by atoms with E-state index in [2.05, 4.69) is 21.2 Å². The molecule has 106 valence electrons. The minimum absolute atomic E-state index is 0.0118. The summed E-state index contributed by atoms with van der Waals surface area (Å²) < 4.78 is 5.32. The van der Waals surface area contributed by atoms with Crippen molar-refractivity contribution in [2.24, 2.45) is 0 Å². The molecule has 2 saturated heterocycles. The van der Waals surface area contributed by atoms with Crippen molar-refractivity contribution < 1.29 is 9.53 Å². The average molecular weight is 266 g/mol. The first-order valence-corrected chi connectivity index (χ1v) is 6.92. The minimum Gasteiger partial charge on any atom is -0.379 e. The fourth-order valence-electron chi connectivity index (χ4n) is 2.68. The normalized spacial score (nSPS) is 29.8. The lowest BCUT2D eigenvalue weighted by Gasteiger charge is -2.38. The highest BCUT2D eigenvalue weighted by molar-refractivity contribution is 5.83. The van der Waals surface area contributed by atoms with E-state index in [4.69, 9.17) is 10.00 Å². The van der Waals surface area contributed by atoms with E-state index in [0.717, 1.165) is 45.9 Å². The average Bonchev–Trinajstić information content (AvgIpc) is 2.41. The van der Waals surface area contributed by atoms with Gasteiger partial charge in [-0.1, -0.05) is 0 Å². The lowest BCUT2D eigenvalue weighted by molar-refractivity contribution is -0.130. The molecule has 2 aliphatic heterocycles. The Labute approximate surface area is 114 Å². The minimum atomic E-state index is -0.290. The zero-order chi connectivity index (χ0) is 13.7. The summed E-state index contributed by atoms with van der Waals surface area (Å²) in [6, 6.07) is 1.98. The monoisotopic (exact) mass is 266 g/mol. The standard InChI is InChI=1S/C13H22N4O2/c1-11-10-17(12(2-3-14)13(18)15-11)5-4-16-6-8-19-9-7-16/h11-12H,2,4-10H2,1H3,(H,15,18). The van der Waals surface area contributed by atoms with Crippen molar-refractivity contribution in [3.8, 4) is 6.07 Å². The molecule has 6 nitrogen and oxygen atoms in total. The second kappa shape index (κ2) is 6.85. The molecule has 2 fully saturated rings. The van der Waals surface area contributed by atoms with Crippen LogP contribution in [0.4, 0.5) is 0 Å². The Hall–Kier alpha value is -1.16. The molecule has 2 atom stereocenters. The number of piperazine rings is 1. The van der Waals surface area contributed by atoms with Crippen LogP contribution in [0, 0.1) is 11.3 Å². The summed E-state index contributed by atoms with van der Waals surface area (Å²) in [4.78, 5) is 16.4. The molecule has 0 bridgehead atoms. The maximum Gasteiger partial charge on any atom is 0.238 e. The van der Waals surface area contributed by atoms with Gasteiger partial charge in [-0.05, 0) is 6.92 Å². The molecule has 0 saturated carbocycles. The van der Waals surface area contributed by atoms with Crippen LogP contribution in [-0.4, -0.2) is 73.7 Å². The Morgan fingerprint density at radius 2 is 2.16 bits per heavy atom. The van der Waals surface area contributed by atoms with Gasteiger partial charge in [-0.2, -0.15) is 5.26 Å². The van der Waals surface area contributed by atoms with Crippen LogP contribution < -0.4 is 5.32 Å². The van der Waals surface area contributed by atoms with Crippen LogP contribution in [0.15, 0.2) is 0 Å². The van der Waals surface area contributed by atoms with Gasteiger partial charge in [0.2, 0.25) is 5.91 Å². The third kappa shape index (κ3) is 3.90. The first-order chi connectivity index (χ1) is 9.20. The number of morpholine rings is 1. The molecule has 2 rings (SSSR count). The van der Waals surface area contributed by atoms with Crippen molar-refractivity contribution in [2.45, 2.75) is 25.4 Å². The molecule has 0 radical (unpaired) electrons. The van der Waals surface area contributed by atoms with Gasteiger partial charge in [0, 0.05) is 38.8 Å². The molecule has 0 aliphatic carbocycles. The molecule has 6 heteroatoms. The Balaban J connectivity index is 1.87. The molecule has 1 amide bonds. The molecular weight excluding hydrogens is 244 g/mol. The fourth-order valence-corrected chi connectivity index (χ4v) is 2.68. The van der Waals surface area contributed by atoms with Crippen LogP contribution in [0.25, 0.3) is 0 Å². The maximum atomic E-state index is 11.9. The van der Waals surface area contributed by atoms with Crippen molar-refractivity contribution in [1.82, 2.24) is 15.1 Å². The van der Waals surface area contributed by atoms with E-state index >= 15 is 0 Å². The van der Waals surface area contributed by atoms with Gasteiger partial charge in [0.05, 0.1) is 25.7 Å². The number of ether oxygens (including phenoxy) is 1. The molecule has 19 heavy (non-hydrogen) atoms. The third-order valence-electron chi connectivity index (χ3n) is 3.73. The van der Waals surface area contributed by atoms with E-state index < -0.39 is 0 Å². The summed E-state index contributed by atoms with van der Waals surface area (Å²) in [6.07, 6.45) is 0.266. The van der Waals surface area contributed by atoms with Crippen LogP contribution in [0.5, 0.6) is 0 Å². The van der Waals surface area contributed by atoms with Gasteiger partial charge in [-0.3, -0.25) is 14.6 Å². The number of rotatable bonds is 4. The van der Waals surface area contributed by atoms with Gasteiger partial charge in [-0.15, -0.1) is 0 Å². The second-order valence-electron chi connectivity index (χ2n) is 5.24. The van der Waals surface area contributed by atoms with Gasteiger partial charge in [0.25, 0.3) is 0 Å². The van der Waals surface area contributed by atoms with E-state index in [-0.39, 0.29) is 24.4 Å². The van der Waals surface area contributed by atoms with Crippen LogP contribution in [0.3, 0.4) is 0 Å². The van der Waals surface area contributed by atoms with E-state index in [0.29, 0.717) is 0 Å². The van der Waals surface area contributed by atoms with E-state index in [9.17, 15) is 4.79 Å². The van der Waals surface area contributed by atoms with Crippen LogP contribution in [-0.2, 0) is 9.53 Å². The highest BCUT2D eigenvalue weighted by Gasteiger charge is 2.32. The van der Waals surface area contributed by atoms with Crippen LogP contribution in [0.1, 0.15) is 13.3 Å². The Bertz CT molecular complexity index is 349.